The number of anilines is 1. The van der Waals surface area contributed by atoms with Gasteiger partial charge in [0.05, 0.1) is 16.0 Å². The van der Waals surface area contributed by atoms with Gasteiger partial charge >= 0.3 is 0 Å². The molecule has 0 saturated carbocycles. The Balaban J connectivity index is 1.22. The first-order chi connectivity index (χ1) is 14.7. The van der Waals surface area contributed by atoms with Crippen LogP contribution in [0.5, 0.6) is 5.75 Å². The first-order valence-electron chi connectivity index (χ1n) is 9.90. The zero-order chi connectivity index (χ0) is 20.8. The number of likely N-dealkylation sites (tertiary alicyclic amines) is 1. The van der Waals surface area contributed by atoms with Gasteiger partial charge in [-0.25, -0.2) is 4.98 Å². The summed E-state index contributed by atoms with van der Waals surface area (Å²) in [6.07, 6.45) is 2.12. The van der Waals surface area contributed by atoms with E-state index in [-0.39, 0.29) is 18.4 Å². The number of fused-ring (bicyclic) bond motifs is 1. The summed E-state index contributed by atoms with van der Waals surface area (Å²) in [5, 5.41) is 3.91. The molecule has 1 N–H and O–H groups in total. The van der Waals surface area contributed by atoms with Crippen LogP contribution in [0.3, 0.4) is 0 Å². The number of thioether (sulfide) groups is 1. The van der Waals surface area contributed by atoms with Crippen molar-refractivity contribution in [2.24, 2.45) is 0 Å². The largest absolute Gasteiger partial charge is 0.484 e. The smallest absolute Gasteiger partial charge is 0.260 e. The second kappa shape index (κ2) is 9.95. The molecule has 2 amide bonds. The number of carbonyl (C=O) groups excluding carboxylic acids is 2. The molecule has 3 aromatic rings. The second-order valence-electron chi connectivity index (χ2n) is 7.02. The lowest BCUT2D eigenvalue weighted by atomic mass is 10.3. The predicted molar refractivity (Wildman–Crippen MR) is 122 cm³/mol. The molecule has 1 aliphatic rings. The molecule has 1 aromatic heterocycles. The van der Waals surface area contributed by atoms with E-state index in [2.05, 4.69) is 16.4 Å². The van der Waals surface area contributed by atoms with Crippen molar-refractivity contribution in [1.29, 1.82) is 0 Å². The first kappa shape index (κ1) is 20.7. The van der Waals surface area contributed by atoms with Crippen molar-refractivity contribution < 1.29 is 14.3 Å². The molecule has 2 aromatic carbocycles. The van der Waals surface area contributed by atoms with Crippen LogP contribution >= 0.6 is 23.1 Å². The van der Waals surface area contributed by atoms with Crippen LogP contribution < -0.4 is 10.1 Å². The third kappa shape index (κ3) is 5.52. The van der Waals surface area contributed by atoms with Gasteiger partial charge in [0.2, 0.25) is 5.91 Å². The van der Waals surface area contributed by atoms with Crippen molar-refractivity contribution in [3.05, 3.63) is 53.5 Å². The van der Waals surface area contributed by atoms with Crippen LogP contribution in [-0.4, -0.2) is 47.1 Å². The number of nitrogens with one attached hydrogen (secondary N) is 1. The van der Waals surface area contributed by atoms with Crippen molar-refractivity contribution >= 4 is 50.8 Å². The standard InChI is InChI=1S/C22H23N3O3S2/c26-20(14-29-15-21-24-18-8-1-2-9-19(18)30-21)23-16-6-5-7-17(12-16)28-13-22(27)25-10-3-4-11-25/h1-2,5-9,12H,3-4,10-11,13-15H2,(H,23,26). The van der Waals surface area contributed by atoms with Gasteiger partial charge in [0.1, 0.15) is 10.8 Å². The molecule has 0 unspecified atom stereocenters. The van der Waals surface area contributed by atoms with Gasteiger partial charge in [-0.2, -0.15) is 0 Å². The molecule has 1 fully saturated rings. The molecule has 30 heavy (non-hydrogen) atoms. The average Bonchev–Trinajstić information content (AvgIpc) is 3.42. The molecule has 0 aliphatic carbocycles. The minimum atomic E-state index is -0.0774. The molecule has 1 aliphatic heterocycles. The van der Waals surface area contributed by atoms with E-state index in [1.807, 2.05) is 29.2 Å². The van der Waals surface area contributed by atoms with Gasteiger partial charge in [-0.1, -0.05) is 18.2 Å². The maximum absolute atomic E-state index is 12.3. The summed E-state index contributed by atoms with van der Waals surface area (Å²) >= 11 is 3.20. The van der Waals surface area contributed by atoms with Crippen molar-refractivity contribution in [3.63, 3.8) is 0 Å². The third-order valence-corrected chi connectivity index (χ3v) is 6.90. The molecule has 0 radical (unpaired) electrons. The number of hydrogen-bond acceptors (Lipinski definition) is 6. The maximum Gasteiger partial charge on any atom is 0.260 e. The summed E-state index contributed by atoms with van der Waals surface area (Å²) < 4.78 is 6.78. The number of para-hydroxylation sites is 1. The topological polar surface area (TPSA) is 71.5 Å². The zero-order valence-electron chi connectivity index (χ0n) is 16.5. The normalized spacial score (nSPS) is 13.5. The lowest BCUT2D eigenvalue weighted by molar-refractivity contribution is -0.132. The Bertz CT molecular complexity index is 998. The highest BCUT2D eigenvalue weighted by Crippen LogP contribution is 2.25. The van der Waals surface area contributed by atoms with Crippen molar-refractivity contribution in [2.45, 2.75) is 18.6 Å². The van der Waals surface area contributed by atoms with E-state index in [0.717, 1.165) is 41.2 Å². The highest BCUT2D eigenvalue weighted by molar-refractivity contribution is 7.99. The number of amides is 2. The lowest BCUT2D eigenvalue weighted by Crippen LogP contribution is -2.32. The quantitative estimate of drug-likeness (QED) is 0.568. The number of rotatable bonds is 8. The fraction of sp³-hybridized carbons (Fsp3) is 0.318. The molecule has 0 spiro atoms. The summed E-state index contributed by atoms with van der Waals surface area (Å²) in [5.74, 6) is 1.55. The number of benzene rings is 2. The molecular weight excluding hydrogens is 418 g/mol. The lowest BCUT2D eigenvalue weighted by Gasteiger charge is -2.15. The third-order valence-electron chi connectivity index (χ3n) is 4.74. The van der Waals surface area contributed by atoms with Gasteiger partial charge in [0.15, 0.2) is 6.61 Å². The second-order valence-corrected chi connectivity index (χ2v) is 9.12. The maximum atomic E-state index is 12.3. The minimum Gasteiger partial charge on any atom is -0.484 e. The fourth-order valence-electron chi connectivity index (χ4n) is 3.28. The van der Waals surface area contributed by atoms with E-state index in [0.29, 0.717) is 22.9 Å². The van der Waals surface area contributed by atoms with E-state index in [4.69, 9.17) is 4.74 Å². The number of nitrogens with zero attached hydrogens (tertiary/aromatic N) is 2. The van der Waals surface area contributed by atoms with Crippen LogP contribution in [0.4, 0.5) is 5.69 Å². The van der Waals surface area contributed by atoms with Gasteiger partial charge in [-0.05, 0) is 37.1 Å². The Labute approximate surface area is 183 Å². The fourth-order valence-corrected chi connectivity index (χ4v) is 5.12. The van der Waals surface area contributed by atoms with E-state index in [1.165, 1.54) is 11.8 Å². The number of carbonyl (C=O) groups is 2. The van der Waals surface area contributed by atoms with Crippen LogP contribution in [0.15, 0.2) is 48.5 Å². The van der Waals surface area contributed by atoms with E-state index >= 15 is 0 Å². The van der Waals surface area contributed by atoms with Crippen LogP contribution in [-0.2, 0) is 15.3 Å². The SMILES string of the molecule is O=C(CSCc1nc2ccccc2s1)Nc1cccc(OCC(=O)N2CCCC2)c1. The summed E-state index contributed by atoms with van der Waals surface area (Å²) in [6.45, 7) is 1.65. The van der Waals surface area contributed by atoms with Gasteiger partial charge < -0.3 is 15.0 Å². The van der Waals surface area contributed by atoms with E-state index in [1.54, 1.807) is 29.5 Å². The van der Waals surface area contributed by atoms with E-state index in [9.17, 15) is 9.59 Å². The van der Waals surface area contributed by atoms with Crippen LogP contribution in [0.2, 0.25) is 0 Å². The molecule has 1 saturated heterocycles. The number of thiazole rings is 1. The van der Waals surface area contributed by atoms with Crippen LogP contribution in [0, 0.1) is 0 Å². The van der Waals surface area contributed by atoms with Gasteiger partial charge in [-0.3, -0.25) is 9.59 Å². The molecule has 4 rings (SSSR count). The predicted octanol–water partition coefficient (Wildman–Crippen LogP) is 4.17. The van der Waals surface area contributed by atoms with Crippen molar-refractivity contribution in [3.8, 4) is 5.75 Å². The molecule has 156 valence electrons. The van der Waals surface area contributed by atoms with Gasteiger partial charge in [-0.15, -0.1) is 23.1 Å². The first-order valence-corrected chi connectivity index (χ1v) is 11.9. The summed E-state index contributed by atoms with van der Waals surface area (Å²) in [7, 11) is 0. The Morgan fingerprint density at radius 3 is 2.80 bits per heavy atom. The molecular formula is C22H23N3O3S2. The Morgan fingerprint density at radius 1 is 1.13 bits per heavy atom. The Kier molecular flexibility index (Phi) is 6.86. The molecule has 0 atom stereocenters. The summed E-state index contributed by atoms with van der Waals surface area (Å²) in [4.78, 5) is 30.8. The number of hydrogen-bond donors (Lipinski definition) is 1. The number of ether oxygens (including phenoxy) is 1. The van der Waals surface area contributed by atoms with Gasteiger partial charge in [0.25, 0.3) is 5.91 Å². The van der Waals surface area contributed by atoms with Crippen molar-refractivity contribution in [2.75, 3.05) is 30.8 Å². The highest BCUT2D eigenvalue weighted by atomic mass is 32.2. The summed E-state index contributed by atoms with van der Waals surface area (Å²) in [5.41, 5.74) is 1.66. The van der Waals surface area contributed by atoms with Crippen molar-refractivity contribution in [1.82, 2.24) is 9.88 Å². The van der Waals surface area contributed by atoms with Crippen LogP contribution in [0.1, 0.15) is 17.8 Å². The monoisotopic (exact) mass is 441 g/mol. The molecule has 8 heteroatoms. The highest BCUT2D eigenvalue weighted by Gasteiger charge is 2.18. The molecule has 0 bridgehead atoms. The average molecular weight is 442 g/mol. The van der Waals surface area contributed by atoms with Crippen LogP contribution in [0.25, 0.3) is 10.2 Å². The van der Waals surface area contributed by atoms with E-state index < -0.39 is 0 Å². The molecule has 2 heterocycles. The Morgan fingerprint density at radius 2 is 1.97 bits per heavy atom. The summed E-state index contributed by atoms with van der Waals surface area (Å²) in [6, 6.07) is 15.2. The minimum absolute atomic E-state index is 0.00758. The Hall–Kier alpha value is -2.58. The molecule has 6 nitrogen and oxygen atoms in total. The zero-order valence-corrected chi connectivity index (χ0v) is 18.1. The number of aromatic nitrogens is 1. The van der Waals surface area contributed by atoms with Gasteiger partial charge in [0, 0.05) is 30.6 Å².